The molecule has 0 aliphatic heterocycles. The van der Waals surface area contributed by atoms with E-state index in [1.54, 1.807) is 91.0 Å². The van der Waals surface area contributed by atoms with Gasteiger partial charge in [0.15, 0.2) is 5.60 Å². The number of aliphatic carboxylic acids is 2. The molecular formula is C23H22O6. The lowest BCUT2D eigenvalue weighted by molar-refractivity contribution is -0.157. The molecule has 6 heteroatoms. The van der Waals surface area contributed by atoms with Crippen LogP contribution in [0.25, 0.3) is 0 Å². The van der Waals surface area contributed by atoms with Gasteiger partial charge in [0, 0.05) is 0 Å². The summed E-state index contributed by atoms with van der Waals surface area (Å²) in [5, 5.41) is 37.8. The minimum Gasteiger partial charge on any atom is -0.479 e. The molecule has 0 heterocycles. The molecule has 3 rings (SSSR count). The molecule has 0 radical (unpaired) electrons. The first-order valence-corrected chi connectivity index (χ1v) is 8.78. The summed E-state index contributed by atoms with van der Waals surface area (Å²) in [5.74, 6) is -2.52. The fraction of sp³-hybridized carbons (Fsp3) is 0.130. The van der Waals surface area contributed by atoms with E-state index in [0.717, 1.165) is 0 Å². The van der Waals surface area contributed by atoms with Crippen LogP contribution in [0.15, 0.2) is 91.0 Å². The van der Waals surface area contributed by atoms with Crippen molar-refractivity contribution in [2.45, 2.75) is 18.1 Å². The third kappa shape index (κ3) is 4.87. The molecule has 3 aromatic carbocycles. The predicted octanol–water partition coefficient (Wildman–Crippen LogP) is 2.99. The molecule has 0 amide bonds. The lowest BCUT2D eigenvalue weighted by Crippen LogP contribution is -2.36. The van der Waals surface area contributed by atoms with Gasteiger partial charge in [0.05, 0.1) is 0 Å². The maximum atomic E-state index is 11.4. The van der Waals surface area contributed by atoms with E-state index in [1.807, 2.05) is 0 Å². The second-order valence-corrected chi connectivity index (χ2v) is 6.49. The van der Waals surface area contributed by atoms with Crippen LogP contribution in [0.5, 0.6) is 0 Å². The van der Waals surface area contributed by atoms with E-state index in [0.29, 0.717) is 16.7 Å². The van der Waals surface area contributed by atoms with Crippen molar-refractivity contribution in [1.29, 1.82) is 0 Å². The van der Waals surface area contributed by atoms with Crippen molar-refractivity contribution in [2.75, 3.05) is 0 Å². The van der Waals surface area contributed by atoms with Crippen LogP contribution in [0, 0.1) is 0 Å². The molecule has 0 bridgehead atoms. The van der Waals surface area contributed by atoms with Crippen LogP contribution in [0.3, 0.4) is 0 Å². The molecule has 1 atom stereocenters. The van der Waals surface area contributed by atoms with Gasteiger partial charge in [-0.3, -0.25) is 0 Å². The monoisotopic (exact) mass is 394 g/mol. The second-order valence-electron chi connectivity index (χ2n) is 6.49. The highest BCUT2D eigenvalue weighted by Gasteiger charge is 2.39. The average Bonchev–Trinajstić information content (AvgIpc) is 2.75. The molecule has 0 saturated heterocycles. The van der Waals surface area contributed by atoms with Crippen molar-refractivity contribution in [1.82, 2.24) is 0 Å². The van der Waals surface area contributed by atoms with E-state index in [4.69, 9.17) is 5.11 Å². The third-order valence-corrected chi connectivity index (χ3v) is 4.44. The Morgan fingerprint density at radius 3 is 1.17 bits per heavy atom. The molecule has 0 spiro atoms. The number of benzene rings is 3. The topological polar surface area (TPSA) is 115 Å². The zero-order valence-corrected chi connectivity index (χ0v) is 15.8. The molecule has 150 valence electrons. The van der Waals surface area contributed by atoms with Crippen LogP contribution in [-0.4, -0.2) is 32.4 Å². The Bertz CT molecular complexity index is 897. The van der Waals surface area contributed by atoms with Gasteiger partial charge in [0.2, 0.25) is 5.60 Å². The number of carbonyl (C=O) groups is 2. The van der Waals surface area contributed by atoms with Gasteiger partial charge in [-0.1, -0.05) is 91.0 Å². The largest absolute Gasteiger partial charge is 0.479 e. The number of hydrogen-bond donors (Lipinski definition) is 4. The van der Waals surface area contributed by atoms with Crippen molar-refractivity contribution in [2.24, 2.45) is 0 Å². The molecule has 0 aliphatic rings. The Morgan fingerprint density at radius 2 is 0.897 bits per heavy atom. The van der Waals surface area contributed by atoms with Gasteiger partial charge in [-0.25, -0.2) is 9.59 Å². The molecule has 6 nitrogen and oxygen atoms in total. The number of rotatable bonds is 5. The number of carboxylic acid groups (broad SMARTS) is 2. The standard InChI is InChI=1S/C14H12O3.C9H10O3/c15-13(16)14(17,11-7-3-1-4-8-11)12-9-5-2-6-10-12;1-9(12,8(10)11)7-5-3-2-4-6-7/h1-10,17H,(H,15,16);2-6,12H,1H3,(H,10,11). The lowest BCUT2D eigenvalue weighted by atomic mass is 9.86. The van der Waals surface area contributed by atoms with E-state index in [2.05, 4.69) is 0 Å². The van der Waals surface area contributed by atoms with Crippen LogP contribution in [0.2, 0.25) is 0 Å². The first kappa shape index (κ1) is 21.8. The number of aliphatic hydroxyl groups is 2. The fourth-order valence-electron chi connectivity index (χ4n) is 2.66. The quantitative estimate of drug-likeness (QED) is 0.529. The summed E-state index contributed by atoms with van der Waals surface area (Å²) < 4.78 is 0. The van der Waals surface area contributed by atoms with Gasteiger partial charge in [0.25, 0.3) is 0 Å². The average molecular weight is 394 g/mol. The molecule has 0 aliphatic carbocycles. The van der Waals surface area contributed by atoms with Crippen molar-refractivity contribution < 1.29 is 30.0 Å². The highest BCUT2D eigenvalue weighted by Crippen LogP contribution is 2.29. The summed E-state index contributed by atoms with van der Waals surface area (Å²) in [4.78, 5) is 21.9. The fourth-order valence-corrected chi connectivity index (χ4v) is 2.66. The Labute approximate surface area is 168 Å². The van der Waals surface area contributed by atoms with Crippen LogP contribution < -0.4 is 0 Å². The van der Waals surface area contributed by atoms with E-state index >= 15 is 0 Å². The summed E-state index contributed by atoms with van der Waals surface area (Å²) in [7, 11) is 0. The molecule has 1 unspecified atom stereocenters. The van der Waals surface area contributed by atoms with Gasteiger partial charge in [-0.2, -0.15) is 0 Å². The first-order valence-electron chi connectivity index (χ1n) is 8.78. The van der Waals surface area contributed by atoms with Crippen molar-refractivity contribution >= 4 is 11.9 Å². The van der Waals surface area contributed by atoms with E-state index < -0.39 is 23.1 Å². The molecule has 0 fully saturated rings. The van der Waals surface area contributed by atoms with Crippen LogP contribution in [0.4, 0.5) is 0 Å². The molecule has 0 aromatic heterocycles. The first-order chi connectivity index (χ1) is 13.7. The summed E-state index contributed by atoms with van der Waals surface area (Å²) in [6.07, 6.45) is 0. The smallest absolute Gasteiger partial charge is 0.345 e. The Morgan fingerprint density at radius 1 is 0.586 bits per heavy atom. The molecular weight excluding hydrogens is 372 g/mol. The second kappa shape index (κ2) is 9.14. The third-order valence-electron chi connectivity index (χ3n) is 4.44. The van der Waals surface area contributed by atoms with Crippen LogP contribution >= 0.6 is 0 Å². The number of hydrogen-bond acceptors (Lipinski definition) is 4. The van der Waals surface area contributed by atoms with Crippen LogP contribution in [0.1, 0.15) is 23.6 Å². The summed E-state index contributed by atoms with van der Waals surface area (Å²) >= 11 is 0. The molecule has 4 N–H and O–H groups in total. The Kier molecular flexibility index (Phi) is 6.88. The zero-order chi connectivity index (χ0) is 21.5. The highest BCUT2D eigenvalue weighted by atomic mass is 16.4. The predicted molar refractivity (Wildman–Crippen MR) is 107 cm³/mol. The summed E-state index contributed by atoms with van der Waals surface area (Å²) in [6, 6.07) is 25.0. The molecule has 0 saturated carbocycles. The van der Waals surface area contributed by atoms with Crippen molar-refractivity contribution in [3.63, 3.8) is 0 Å². The minimum atomic E-state index is -2.00. The van der Waals surface area contributed by atoms with Gasteiger partial charge in [-0.15, -0.1) is 0 Å². The van der Waals surface area contributed by atoms with E-state index in [1.165, 1.54) is 6.92 Å². The normalized spacial score (nSPS) is 12.8. The van der Waals surface area contributed by atoms with E-state index in [-0.39, 0.29) is 0 Å². The van der Waals surface area contributed by atoms with Gasteiger partial charge in [0.1, 0.15) is 0 Å². The Balaban J connectivity index is 0.000000221. The van der Waals surface area contributed by atoms with Gasteiger partial charge in [-0.05, 0) is 23.6 Å². The Hall–Kier alpha value is -3.48. The SMILES string of the molecule is CC(O)(C(=O)O)c1ccccc1.O=C(O)C(O)(c1ccccc1)c1ccccc1. The lowest BCUT2D eigenvalue weighted by Gasteiger charge is -2.24. The van der Waals surface area contributed by atoms with E-state index in [9.17, 15) is 24.9 Å². The minimum absolute atomic E-state index is 0.346. The molecule has 3 aromatic rings. The van der Waals surface area contributed by atoms with Gasteiger partial charge >= 0.3 is 11.9 Å². The maximum absolute atomic E-state index is 11.4. The number of carboxylic acids is 2. The van der Waals surface area contributed by atoms with Crippen molar-refractivity contribution in [3.05, 3.63) is 108 Å². The van der Waals surface area contributed by atoms with Gasteiger partial charge < -0.3 is 20.4 Å². The zero-order valence-electron chi connectivity index (χ0n) is 15.8. The summed E-state index contributed by atoms with van der Waals surface area (Å²) in [6.45, 7) is 1.25. The molecule has 29 heavy (non-hydrogen) atoms. The highest BCUT2D eigenvalue weighted by molar-refractivity contribution is 5.83. The summed E-state index contributed by atoms with van der Waals surface area (Å²) in [5.41, 5.74) is -2.71. The van der Waals surface area contributed by atoms with Crippen molar-refractivity contribution in [3.8, 4) is 0 Å². The van der Waals surface area contributed by atoms with Crippen LogP contribution in [-0.2, 0) is 20.8 Å². The maximum Gasteiger partial charge on any atom is 0.345 e.